The molecule has 1 aliphatic rings. The van der Waals surface area contributed by atoms with Crippen LogP contribution < -0.4 is 0 Å². The smallest absolute Gasteiger partial charge is 0.259 e. The molecule has 2 rings (SSSR count). The maximum atomic E-state index is 12.7. The number of nitriles is 1. The minimum atomic E-state index is -4.32. The van der Waals surface area contributed by atoms with E-state index in [1.807, 2.05) is 10.8 Å². The van der Waals surface area contributed by atoms with Crippen LogP contribution in [0.5, 0.6) is 0 Å². The molecule has 1 aromatic carbocycles. The van der Waals surface area contributed by atoms with Gasteiger partial charge in [0.15, 0.2) is 0 Å². The number of thiocyanates is 1. The molecule has 0 atom stereocenters. The van der Waals surface area contributed by atoms with Crippen molar-refractivity contribution in [3.05, 3.63) is 40.1 Å². The summed E-state index contributed by atoms with van der Waals surface area (Å²) in [5.41, 5.74) is -0.915. The molecule has 0 spiro atoms. The second-order valence-electron chi connectivity index (χ2n) is 5.34. The molecule has 0 N–H and O–H groups in total. The van der Waals surface area contributed by atoms with Gasteiger partial charge in [-0.05, 0) is 54.3 Å². The molecule has 140 valence electrons. The van der Waals surface area contributed by atoms with E-state index in [-0.39, 0.29) is 5.54 Å². The molecule has 0 aromatic heterocycles. The van der Waals surface area contributed by atoms with Gasteiger partial charge in [0.1, 0.15) is 9.78 Å². The number of nitrogens with zero attached hydrogens (tertiary/aromatic N) is 2. The largest absolute Gasteiger partial charge is 0.416 e. The summed E-state index contributed by atoms with van der Waals surface area (Å²) in [4.78, 5) is 6.72. The van der Waals surface area contributed by atoms with Crippen molar-refractivity contribution in [2.45, 2.75) is 43.3 Å². The third-order valence-corrected chi connectivity index (χ3v) is 7.96. The van der Waals surface area contributed by atoms with Gasteiger partial charge in [0, 0.05) is 9.80 Å². The molecular formula is C17H17F3N2S4. The minimum Gasteiger partial charge on any atom is -0.259 e. The molecule has 0 amide bonds. The third-order valence-electron chi connectivity index (χ3n) is 3.92. The van der Waals surface area contributed by atoms with E-state index in [1.165, 1.54) is 35.7 Å². The van der Waals surface area contributed by atoms with Crippen molar-refractivity contribution in [1.29, 1.82) is 5.26 Å². The van der Waals surface area contributed by atoms with Crippen molar-refractivity contribution in [2.24, 2.45) is 4.99 Å². The van der Waals surface area contributed by atoms with E-state index in [9.17, 15) is 13.2 Å². The average Bonchev–Trinajstić information content (AvgIpc) is 2.98. The van der Waals surface area contributed by atoms with Crippen LogP contribution in [0.4, 0.5) is 13.2 Å². The highest BCUT2D eigenvalue weighted by Crippen LogP contribution is 2.48. The number of benzene rings is 1. The van der Waals surface area contributed by atoms with Gasteiger partial charge in [-0.3, -0.25) is 4.99 Å². The summed E-state index contributed by atoms with van der Waals surface area (Å²) >= 11 is 5.74. The van der Waals surface area contributed by atoms with Crippen LogP contribution in [0.2, 0.25) is 0 Å². The summed E-state index contributed by atoms with van der Waals surface area (Å²) in [6, 6.07) is 5.19. The molecule has 9 heteroatoms. The number of aliphatic imine (C=N–C) groups is 1. The summed E-state index contributed by atoms with van der Waals surface area (Å²) in [5, 5.41) is 13.3. The summed E-state index contributed by atoms with van der Waals surface area (Å²) in [5.74, 6) is 0. The van der Waals surface area contributed by atoms with E-state index >= 15 is 0 Å². The predicted molar refractivity (Wildman–Crippen MR) is 109 cm³/mol. The Morgan fingerprint density at radius 3 is 2.42 bits per heavy atom. The number of hydrogen-bond acceptors (Lipinski definition) is 6. The monoisotopic (exact) mass is 434 g/mol. The number of rotatable bonds is 6. The van der Waals surface area contributed by atoms with Crippen molar-refractivity contribution in [1.82, 2.24) is 0 Å². The van der Waals surface area contributed by atoms with Gasteiger partial charge in [-0.2, -0.15) is 18.4 Å². The lowest BCUT2D eigenvalue weighted by molar-refractivity contribution is -0.137. The van der Waals surface area contributed by atoms with Crippen LogP contribution in [0.15, 0.2) is 44.5 Å². The lowest BCUT2D eigenvalue weighted by atomic mass is 9.94. The van der Waals surface area contributed by atoms with E-state index in [0.29, 0.717) is 5.08 Å². The Balaban J connectivity index is 2.12. The Hall–Kier alpha value is -0.690. The van der Waals surface area contributed by atoms with Crippen LogP contribution in [0.25, 0.3) is 0 Å². The van der Waals surface area contributed by atoms with Crippen LogP contribution >= 0.6 is 47.0 Å². The fourth-order valence-electron chi connectivity index (χ4n) is 2.34. The molecule has 0 saturated carbocycles. The molecule has 0 radical (unpaired) electrons. The van der Waals surface area contributed by atoms with Crippen LogP contribution in [0.1, 0.15) is 32.3 Å². The highest BCUT2D eigenvalue weighted by molar-refractivity contribution is 8.43. The fraction of sp³-hybridized carbons (Fsp3) is 0.412. The Bertz CT molecular complexity index is 717. The molecule has 0 aliphatic carbocycles. The first-order chi connectivity index (χ1) is 12.3. The number of halogens is 3. The molecule has 26 heavy (non-hydrogen) atoms. The average molecular weight is 435 g/mol. The van der Waals surface area contributed by atoms with Crippen LogP contribution in [0, 0.1) is 10.7 Å². The van der Waals surface area contributed by atoms with Gasteiger partial charge in [-0.15, -0.1) is 0 Å². The first-order valence-corrected chi connectivity index (χ1v) is 11.5. The van der Waals surface area contributed by atoms with Crippen LogP contribution in [-0.4, -0.2) is 15.0 Å². The van der Waals surface area contributed by atoms with E-state index in [0.717, 1.165) is 39.2 Å². The zero-order chi connectivity index (χ0) is 19.2. The normalized spacial score (nSPS) is 18.0. The maximum absolute atomic E-state index is 12.7. The van der Waals surface area contributed by atoms with E-state index in [4.69, 9.17) is 10.3 Å². The zero-order valence-electron chi connectivity index (χ0n) is 14.2. The van der Waals surface area contributed by atoms with Gasteiger partial charge >= 0.3 is 6.18 Å². The molecular weight excluding hydrogens is 417 g/mol. The minimum absolute atomic E-state index is 0.275. The van der Waals surface area contributed by atoms with Crippen LogP contribution in [0.3, 0.4) is 0 Å². The Morgan fingerprint density at radius 2 is 1.88 bits per heavy atom. The topological polar surface area (TPSA) is 36.1 Å². The van der Waals surface area contributed by atoms with Gasteiger partial charge in [0.05, 0.1) is 16.2 Å². The summed E-state index contributed by atoms with van der Waals surface area (Å²) in [6.07, 6.45) is -2.61. The van der Waals surface area contributed by atoms with Crippen molar-refractivity contribution in [3.63, 3.8) is 0 Å². The predicted octanol–water partition coefficient (Wildman–Crippen LogP) is 7.21. The van der Waals surface area contributed by atoms with Gasteiger partial charge < -0.3 is 0 Å². The van der Waals surface area contributed by atoms with E-state index < -0.39 is 11.7 Å². The third kappa shape index (κ3) is 5.41. The second kappa shape index (κ2) is 9.49. The molecule has 1 heterocycles. The highest BCUT2D eigenvalue weighted by Gasteiger charge is 2.37. The second-order valence-corrected chi connectivity index (χ2v) is 9.66. The number of alkyl halides is 3. The Kier molecular flexibility index (Phi) is 7.89. The fourth-order valence-corrected chi connectivity index (χ4v) is 6.40. The lowest BCUT2D eigenvalue weighted by Gasteiger charge is -2.23. The summed E-state index contributed by atoms with van der Waals surface area (Å²) in [7, 11) is 0. The SMILES string of the molecule is CCC1(CC)N=C(SCSC#N)S/C1=C/Sc1ccc(C(F)(F)F)cc1. The van der Waals surface area contributed by atoms with Gasteiger partial charge in [-0.1, -0.05) is 49.1 Å². The molecule has 2 nitrogen and oxygen atoms in total. The molecule has 0 bridgehead atoms. The number of hydrogen-bond donors (Lipinski definition) is 0. The van der Waals surface area contributed by atoms with Crippen molar-refractivity contribution in [2.75, 3.05) is 5.08 Å². The van der Waals surface area contributed by atoms with E-state index in [1.54, 1.807) is 23.5 Å². The van der Waals surface area contributed by atoms with Crippen molar-refractivity contribution >= 4 is 51.4 Å². The molecule has 0 fully saturated rings. The van der Waals surface area contributed by atoms with E-state index in [2.05, 4.69) is 13.8 Å². The van der Waals surface area contributed by atoms with Gasteiger partial charge in [-0.25, -0.2) is 0 Å². The molecule has 0 saturated heterocycles. The standard InChI is InChI=1S/C17H17F3N2S4/c1-3-16(4-2)14(26-15(22-16)25-11-23-10-21)9-24-13-7-5-12(6-8-13)17(18,19)20/h5-9H,3-4,11H2,1-2H3/b14-9+. The van der Waals surface area contributed by atoms with Crippen molar-refractivity contribution < 1.29 is 13.2 Å². The number of thioether (sulfide) groups is 4. The quantitative estimate of drug-likeness (QED) is 0.205. The summed E-state index contributed by atoms with van der Waals surface area (Å²) < 4.78 is 38.9. The Morgan fingerprint density at radius 1 is 1.23 bits per heavy atom. The Labute approximate surface area is 168 Å². The van der Waals surface area contributed by atoms with Crippen LogP contribution in [-0.2, 0) is 6.18 Å². The first-order valence-electron chi connectivity index (χ1n) is 7.80. The van der Waals surface area contributed by atoms with Crippen molar-refractivity contribution in [3.8, 4) is 5.40 Å². The molecule has 1 aromatic rings. The molecule has 0 unspecified atom stereocenters. The maximum Gasteiger partial charge on any atom is 0.416 e. The zero-order valence-corrected chi connectivity index (χ0v) is 17.4. The van der Waals surface area contributed by atoms with Gasteiger partial charge in [0.25, 0.3) is 0 Å². The highest BCUT2D eigenvalue weighted by atomic mass is 32.2. The van der Waals surface area contributed by atoms with Gasteiger partial charge in [0.2, 0.25) is 0 Å². The molecule has 1 aliphatic heterocycles. The summed E-state index contributed by atoms with van der Waals surface area (Å²) in [6.45, 7) is 4.17. The first kappa shape index (κ1) is 21.6. The lowest BCUT2D eigenvalue weighted by Crippen LogP contribution is -2.22.